The topological polar surface area (TPSA) is 36.0 Å². The number of benzene rings is 9. The summed E-state index contributed by atoms with van der Waals surface area (Å²) in [4.78, 5) is 3.54. The van der Waals surface area contributed by atoms with Crippen LogP contribution in [0.5, 0.6) is 5.75 Å². The zero-order chi connectivity index (χ0) is 41.3. The van der Waals surface area contributed by atoms with E-state index in [0.29, 0.717) is 17.6 Å². The minimum absolute atomic E-state index is 0.323. The highest BCUT2D eigenvalue weighted by atomic mass is 16.3. The van der Waals surface area contributed by atoms with Gasteiger partial charge in [0.2, 0.25) is 0 Å². The molecular formula is C57H55NO. The van der Waals surface area contributed by atoms with E-state index in [1.54, 1.807) is 12.1 Å². The molecule has 1 aromatic heterocycles. The number of fused-ring (bicyclic) bond motifs is 9. The molecule has 9 aromatic carbocycles. The summed E-state index contributed by atoms with van der Waals surface area (Å²) in [5.41, 5.74) is 11.0. The maximum Gasteiger partial charge on any atom is 0.116 e. The number of aromatic nitrogens is 1. The third-order valence-electron chi connectivity index (χ3n) is 11.0. The third kappa shape index (κ3) is 9.09. The Labute approximate surface area is 349 Å². The first kappa shape index (κ1) is 40.6. The monoisotopic (exact) mass is 769 g/mol. The van der Waals surface area contributed by atoms with Crippen molar-refractivity contribution in [1.82, 2.24) is 4.98 Å². The van der Waals surface area contributed by atoms with Gasteiger partial charge in [0.25, 0.3) is 0 Å². The van der Waals surface area contributed by atoms with Crippen molar-refractivity contribution in [3.8, 4) is 16.9 Å². The van der Waals surface area contributed by atoms with Gasteiger partial charge in [0, 0.05) is 21.8 Å². The Balaban J connectivity index is 0.000000121. The second-order valence-corrected chi connectivity index (χ2v) is 15.5. The number of aromatic amines is 1. The van der Waals surface area contributed by atoms with E-state index in [4.69, 9.17) is 5.11 Å². The van der Waals surface area contributed by atoms with Crippen molar-refractivity contribution in [2.45, 2.75) is 59.8 Å². The first-order chi connectivity index (χ1) is 28.8. The second-order valence-electron chi connectivity index (χ2n) is 15.5. The zero-order valence-electron chi connectivity index (χ0n) is 35.2. The van der Waals surface area contributed by atoms with E-state index in [2.05, 4.69) is 178 Å². The highest BCUT2D eigenvalue weighted by Gasteiger charge is 2.19. The van der Waals surface area contributed by atoms with E-state index in [0.717, 1.165) is 17.2 Å². The normalized spacial score (nSPS) is 11.2. The molecule has 0 fully saturated rings. The molecular weight excluding hydrogens is 715 g/mol. The van der Waals surface area contributed by atoms with Gasteiger partial charge in [-0.25, -0.2) is 0 Å². The minimum Gasteiger partial charge on any atom is -0.508 e. The smallest absolute Gasteiger partial charge is 0.116 e. The molecule has 0 atom stereocenters. The summed E-state index contributed by atoms with van der Waals surface area (Å²) in [5, 5.41) is 19.5. The van der Waals surface area contributed by atoms with Gasteiger partial charge in [0.15, 0.2) is 0 Å². The average Bonchev–Trinajstić information content (AvgIpc) is 3.83. The van der Waals surface area contributed by atoms with Crippen LogP contribution in [-0.2, 0) is 6.42 Å². The fourth-order valence-electron chi connectivity index (χ4n) is 8.17. The molecule has 0 bridgehead atoms. The van der Waals surface area contributed by atoms with Gasteiger partial charge in [0.1, 0.15) is 5.75 Å². The molecule has 0 amide bonds. The lowest BCUT2D eigenvalue weighted by atomic mass is 9.96. The summed E-state index contributed by atoms with van der Waals surface area (Å²) in [5.74, 6) is 1.53. The largest absolute Gasteiger partial charge is 0.508 e. The van der Waals surface area contributed by atoms with Crippen molar-refractivity contribution in [2.24, 2.45) is 0 Å². The molecule has 294 valence electrons. The minimum atomic E-state index is 0.323. The molecule has 1 aliphatic rings. The fourth-order valence-corrected chi connectivity index (χ4v) is 8.17. The molecule has 0 saturated heterocycles. The average molecular weight is 770 g/mol. The van der Waals surface area contributed by atoms with Crippen molar-refractivity contribution in [2.75, 3.05) is 0 Å². The summed E-state index contributed by atoms with van der Waals surface area (Å²) in [7, 11) is 0. The van der Waals surface area contributed by atoms with Gasteiger partial charge in [0.05, 0.1) is 0 Å². The van der Waals surface area contributed by atoms with Crippen LogP contribution in [0.3, 0.4) is 0 Å². The lowest BCUT2D eigenvalue weighted by Gasteiger charge is -2.08. The standard InChI is InChI=1S/C19H13N.2C13H14.C10H8O.C2H6/c1-2-6-14-12(5-1)9-13-10-17-15-7-3-4-8-18(15)20-19(17)11-16(13)14;2*1-10(2)12-9-5-7-11-6-3-4-8-13(11)12;11-10-6-5-8-3-1-2-4-9(8)7-10;1-2/h1-8,10-11,20H,9H2;2*3-10H,1-2H3;1-7,11H;1-2H3. The van der Waals surface area contributed by atoms with Gasteiger partial charge < -0.3 is 10.1 Å². The lowest BCUT2D eigenvalue weighted by molar-refractivity contribution is 0.476. The number of rotatable bonds is 2. The molecule has 2 nitrogen and oxygen atoms in total. The fraction of sp³-hybridized carbons (Fsp3) is 0.158. The SMILES string of the molecule is CC.CC(C)c1cccc2ccccc12.CC(C)c1cccc2ccccc12.Oc1ccc2ccccc2c1.c1ccc2c(c1)Cc1cc3c(cc1-2)[nH]c1ccccc13. The predicted octanol–water partition coefficient (Wildman–Crippen LogP) is 16.4. The molecule has 59 heavy (non-hydrogen) atoms. The van der Waals surface area contributed by atoms with Crippen molar-refractivity contribution in [1.29, 1.82) is 0 Å². The number of para-hydroxylation sites is 1. The van der Waals surface area contributed by atoms with Gasteiger partial charge >= 0.3 is 0 Å². The Bertz CT molecular complexity index is 2870. The van der Waals surface area contributed by atoms with Gasteiger partial charge in [-0.3, -0.25) is 0 Å². The van der Waals surface area contributed by atoms with Gasteiger partial charge in [-0.1, -0.05) is 199 Å². The summed E-state index contributed by atoms with van der Waals surface area (Å²) in [6.45, 7) is 13.0. The zero-order valence-corrected chi connectivity index (χ0v) is 35.2. The van der Waals surface area contributed by atoms with Crippen LogP contribution < -0.4 is 0 Å². The number of hydrogen-bond donors (Lipinski definition) is 2. The second kappa shape index (κ2) is 18.7. The van der Waals surface area contributed by atoms with E-state index in [9.17, 15) is 0 Å². The highest BCUT2D eigenvalue weighted by molar-refractivity contribution is 6.09. The molecule has 0 radical (unpaired) electrons. The number of phenolic OH excluding ortho intramolecular Hbond substituents is 1. The van der Waals surface area contributed by atoms with Crippen LogP contribution >= 0.6 is 0 Å². The van der Waals surface area contributed by atoms with Crippen LogP contribution in [0.1, 0.15) is 75.6 Å². The van der Waals surface area contributed by atoms with Crippen LogP contribution in [0.4, 0.5) is 0 Å². The molecule has 10 aromatic rings. The lowest BCUT2D eigenvalue weighted by Crippen LogP contribution is -1.88. The van der Waals surface area contributed by atoms with E-state index >= 15 is 0 Å². The number of hydrogen-bond acceptors (Lipinski definition) is 1. The van der Waals surface area contributed by atoms with Gasteiger partial charge in [-0.05, 0) is 114 Å². The maximum absolute atomic E-state index is 9.13. The van der Waals surface area contributed by atoms with Crippen LogP contribution in [0.25, 0.3) is 65.3 Å². The number of aromatic hydroxyl groups is 1. The van der Waals surface area contributed by atoms with Crippen LogP contribution in [0.15, 0.2) is 188 Å². The summed E-state index contributed by atoms with van der Waals surface area (Å²) in [6, 6.07) is 65.4. The van der Waals surface area contributed by atoms with E-state index in [-0.39, 0.29) is 0 Å². The molecule has 0 aliphatic heterocycles. The Kier molecular flexibility index (Phi) is 12.9. The first-order valence-corrected chi connectivity index (χ1v) is 21.1. The van der Waals surface area contributed by atoms with Crippen molar-refractivity contribution >= 4 is 54.1 Å². The molecule has 0 unspecified atom stereocenters. The number of nitrogens with one attached hydrogen (secondary N) is 1. The molecule has 1 heterocycles. The molecule has 0 saturated carbocycles. The third-order valence-corrected chi connectivity index (χ3v) is 11.0. The molecule has 2 heteroatoms. The molecule has 2 N–H and O–H groups in total. The van der Waals surface area contributed by atoms with Gasteiger partial charge in [-0.2, -0.15) is 0 Å². The van der Waals surface area contributed by atoms with Crippen molar-refractivity contribution in [3.05, 3.63) is 210 Å². The van der Waals surface area contributed by atoms with E-state index in [1.165, 1.54) is 76.7 Å². The van der Waals surface area contributed by atoms with Gasteiger partial charge in [-0.15, -0.1) is 0 Å². The Morgan fingerprint density at radius 3 is 1.53 bits per heavy atom. The summed E-state index contributed by atoms with van der Waals surface area (Å²) < 4.78 is 0. The number of phenols is 1. The number of H-pyrrole nitrogens is 1. The first-order valence-electron chi connectivity index (χ1n) is 21.1. The molecule has 1 aliphatic carbocycles. The van der Waals surface area contributed by atoms with E-state index in [1.807, 2.05) is 44.2 Å². The Morgan fingerprint density at radius 2 is 0.898 bits per heavy atom. The summed E-state index contributed by atoms with van der Waals surface area (Å²) in [6.07, 6.45) is 1.06. The van der Waals surface area contributed by atoms with Crippen LogP contribution in [0, 0.1) is 0 Å². The molecule has 0 spiro atoms. The Morgan fingerprint density at radius 1 is 0.390 bits per heavy atom. The van der Waals surface area contributed by atoms with E-state index < -0.39 is 0 Å². The summed E-state index contributed by atoms with van der Waals surface area (Å²) >= 11 is 0. The van der Waals surface area contributed by atoms with Crippen molar-refractivity contribution < 1.29 is 5.11 Å². The predicted molar refractivity (Wildman–Crippen MR) is 257 cm³/mol. The van der Waals surface area contributed by atoms with Crippen molar-refractivity contribution in [3.63, 3.8) is 0 Å². The Hall–Kier alpha value is -6.64. The molecule has 11 rings (SSSR count). The van der Waals surface area contributed by atoms with Crippen LogP contribution in [-0.4, -0.2) is 10.1 Å². The highest BCUT2D eigenvalue weighted by Crippen LogP contribution is 2.40. The quantitative estimate of drug-likeness (QED) is 0.180. The maximum atomic E-state index is 9.13. The van der Waals surface area contributed by atoms with Crippen LogP contribution in [0.2, 0.25) is 0 Å².